The molecule has 2 heterocycles. The second-order valence-corrected chi connectivity index (χ2v) is 9.39. The van der Waals surface area contributed by atoms with Crippen LogP contribution in [0, 0.1) is 13.8 Å². The molecule has 3 aromatic rings. The maximum absolute atomic E-state index is 12.0. The molecule has 0 saturated heterocycles. The molecule has 0 aliphatic heterocycles. The van der Waals surface area contributed by atoms with Crippen LogP contribution in [-0.4, -0.2) is 53.4 Å². The van der Waals surface area contributed by atoms with Gasteiger partial charge in [0.2, 0.25) is 15.9 Å². The highest BCUT2D eigenvalue weighted by molar-refractivity contribution is 7.88. The first kappa shape index (κ1) is 23.1. The van der Waals surface area contributed by atoms with Gasteiger partial charge in [0.1, 0.15) is 23.3 Å². The Morgan fingerprint density at radius 1 is 0.938 bits per heavy atom. The lowest BCUT2D eigenvalue weighted by molar-refractivity contribution is -0.116. The van der Waals surface area contributed by atoms with Gasteiger partial charge in [0, 0.05) is 30.7 Å². The van der Waals surface area contributed by atoms with Crippen molar-refractivity contribution in [3.8, 4) is 0 Å². The topological polar surface area (TPSA) is 129 Å². The summed E-state index contributed by atoms with van der Waals surface area (Å²) in [6, 6.07) is 12.6. The molecule has 0 radical (unpaired) electrons. The number of aryl methyl sites for hydroxylation is 2. The minimum absolute atomic E-state index is 0.259. The Morgan fingerprint density at radius 3 is 2.19 bits per heavy atom. The molecule has 0 fully saturated rings. The Kier molecular flexibility index (Phi) is 7.01. The van der Waals surface area contributed by atoms with Crippen LogP contribution in [0.25, 0.3) is 0 Å². The summed E-state index contributed by atoms with van der Waals surface area (Å²) in [5.41, 5.74) is 2.39. The van der Waals surface area contributed by atoms with E-state index in [0.717, 1.165) is 21.8 Å². The van der Waals surface area contributed by atoms with Gasteiger partial charge in [-0.2, -0.15) is 4.31 Å². The van der Waals surface area contributed by atoms with E-state index in [4.69, 9.17) is 0 Å². The maximum Gasteiger partial charge on any atom is 0.239 e. The van der Waals surface area contributed by atoms with Crippen LogP contribution in [0.4, 0.5) is 28.8 Å². The molecule has 3 rings (SSSR count). The molecular weight excluding hydrogens is 430 g/mol. The highest BCUT2D eigenvalue weighted by atomic mass is 32.2. The first-order valence-electron chi connectivity index (χ1n) is 9.72. The standard InChI is InChI=1S/C21H25N7O3S/c1-14-9-10-22-18(11-14)27-20-12-19(23-15(2)24-20)25-16-5-7-17(8-6-16)26-21(29)13-28(3)32(4,30)31/h5-12H,13H2,1-4H3,(H,26,29)(H2,22,23,24,25,27). The van der Waals surface area contributed by atoms with Gasteiger partial charge in [0.15, 0.2) is 0 Å². The molecule has 0 unspecified atom stereocenters. The van der Waals surface area contributed by atoms with Gasteiger partial charge in [-0.05, 0) is 55.8 Å². The largest absolute Gasteiger partial charge is 0.340 e. The zero-order chi connectivity index (χ0) is 23.3. The van der Waals surface area contributed by atoms with Gasteiger partial charge in [-0.1, -0.05) is 0 Å². The van der Waals surface area contributed by atoms with E-state index in [1.807, 2.05) is 19.1 Å². The van der Waals surface area contributed by atoms with E-state index in [0.29, 0.717) is 29.0 Å². The number of amides is 1. The fourth-order valence-corrected chi connectivity index (χ4v) is 3.09. The molecule has 0 spiro atoms. The number of benzene rings is 1. The number of nitrogens with one attached hydrogen (secondary N) is 3. The summed E-state index contributed by atoms with van der Waals surface area (Å²) in [5, 5.41) is 9.05. The number of hydrogen-bond donors (Lipinski definition) is 3. The van der Waals surface area contributed by atoms with Crippen LogP contribution in [0.2, 0.25) is 0 Å². The van der Waals surface area contributed by atoms with E-state index in [9.17, 15) is 13.2 Å². The van der Waals surface area contributed by atoms with Crippen molar-refractivity contribution in [1.29, 1.82) is 0 Å². The van der Waals surface area contributed by atoms with Gasteiger partial charge < -0.3 is 16.0 Å². The van der Waals surface area contributed by atoms with Crippen molar-refractivity contribution < 1.29 is 13.2 Å². The molecule has 0 saturated carbocycles. The predicted molar refractivity (Wildman–Crippen MR) is 125 cm³/mol. The van der Waals surface area contributed by atoms with Crippen molar-refractivity contribution in [1.82, 2.24) is 19.3 Å². The van der Waals surface area contributed by atoms with Gasteiger partial charge in [-0.3, -0.25) is 4.79 Å². The Labute approximate surface area is 187 Å². The lowest BCUT2D eigenvalue weighted by atomic mass is 10.2. The van der Waals surface area contributed by atoms with Crippen LogP contribution in [0.5, 0.6) is 0 Å². The van der Waals surface area contributed by atoms with Crippen molar-refractivity contribution in [2.45, 2.75) is 13.8 Å². The molecule has 0 aliphatic carbocycles. The summed E-state index contributed by atoms with van der Waals surface area (Å²) in [6.45, 7) is 3.53. The average Bonchev–Trinajstić information content (AvgIpc) is 2.68. The van der Waals surface area contributed by atoms with Crippen LogP contribution in [-0.2, 0) is 14.8 Å². The summed E-state index contributed by atoms with van der Waals surface area (Å²) in [5.74, 6) is 2.06. The molecule has 11 heteroatoms. The zero-order valence-electron chi connectivity index (χ0n) is 18.2. The van der Waals surface area contributed by atoms with Crippen LogP contribution in [0.15, 0.2) is 48.7 Å². The van der Waals surface area contributed by atoms with Crippen molar-refractivity contribution in [2.75, 3.05) is 35.8 Å². The second kappa shape index (κ2) is 9.71. The molecule has 10 nitrogen and oxygen atoms in total. The van der Waals surface area contributed by atoms with Gasteiger partial charge in [-0.15, -0.1) is 0 Å². The number of carbonyl (C=O) groups excluding carboxylic acids is 1. The average molecular weight is 456 g/mol. The Hall–Kier alpha value is -3.57. The molecule has 32 heavy (non-hydrogen) atoms. The summed E-state index contributed by atoms with van der Waals surface area (Å²) in [4.78, 5) is 25.1. The molecule has 1 aromatic carbocycles. The third kappa shape index (κ3) is 6.72. The summed E-state index contributed by atoms with van der Waals surface area (Å²) >= 11 is 0. The summed E-state index contributed by atoms with van der Waals surface area (Å²) in [6.07, 6.45) is 2.78. The number of rotatable bonds is 8. The molecule has 0 bridgehead atoms. The van der Waals surface area contributed by atoms with Crippen LogP contribution in [0.1, 0.15) is 11.4 Å². The van der Waals surface area contributed by atoms with E-state index >= 15 is 0 Å². The molecule has 0 aliphatic rings. The normalized spacial score (nSPS) is 11.3. The lowest BCUT2D eigenvalue weighted by Gasteiger charge is -2.14. The molecule has 2 aromatic heterocycles. The lowest BCUT2D eigenvalue weighted by Crippen LogP contribution is -2.34. The van der Waals surface area contributed by atoms with Gasteiger partial charge in [0.05, 0.1) is 12.8 Å². The highest BCUT2D eigenvalue weighted by Gasteiger charge is 2.15. The van der Waals surface area contributed by atoms with Crippen LogP contribution in [0.3, 0.4) is 0 Å². The van der Waals surface area contributed by atoms with E-state index < -0.39 is 15.9 Å². The number of likely N-dealkylation sites (N-methyl/N-ethyl adjacent to an activating group) is 1. The van der Waals surface area contributed by atoms with Gasteiger partial charge in [0.25, 0.3) is 0 Å². The summed E-state index contributed by atoms with van der Waals surface area (Å²) < 4.78 is 23.8. The number of pyridine rings is 1. The van der Waals surface area contributed by atoms with E-state index in [2.05, 4.69) is 30.9 Å². The Morgan fingerprint density at radius 2 is 1.56 bits per heavy atom. The van der Waals surface area contributed by atoms with Crippen molar-refractivity contribution >= 4 is 44.8 Å². The molecule has 3 N–H and O–H groups in total. The number of carbonyl (C=O) groups is 1. The fourth-order valence-electron chi connectivity index (χ4n) is 2.74. The van der Waals surface area contributed by atoms with E-state index in [1.54, 1.807) is 43.5 Å². The first-order valence-corrected chi connectivity index (χ1v) is 11.6. The molecule has 168 valence electrons. The first-order chi connectivity index (χ1) is 15.1. The number of sulfonamides is 1. The second-order valence-electron chi connectivity index (χ2n) is 7.30. The highest BCUT2D eigenvalue weighted by Crippen LogP contribution is 2.21. The van der Waals surface area contributed by atoms with Crippen molar-refractivity contribution in [3.05, 3.63) is 60.0 Å². The van der Waals surface area contributed by atoms with E-state index in [-0.39, 0.29) is 6.54 Å². The smallest absolute Gasteiger partial charge is 0.239 e. The fraction of sp³-hybridized carbons (Fsp3) is 0.238. The van der Waals surface area contributed by atoms with Gasteiger partial charge >= 0.3 is 0 Å². The minimum atomic E-state index is -3.42. The molecule has 1 amide bonds. The minimum Gasteiger partial charge on any atom is -0.340 e. The maximum atomic E-state index is 12.0. The molecule has 0 atom stereocenters. The number of anilines is 5. The monoisotopic (exact) mass is 455 g/mol. The third-order valence-electron chi connectivity index (χ3n) is 4.38. The number of aromatic nitrogens is 3. The Bertz CT molecular complexity index is 1210. The number of nitrogens with zero attached hydrogens (tertiary/aromatic N) is 4. The zero-order valence-corrected chi connectivity index (χ0v) is 19.1. The SMILES string of the molecule is Cc1ccnc(Nc2cc(Nc3ccc(NC(=O)CN(C)S(C)(=O)=O)cc3)nc(C)n2)c1. The van der Waals surface area contributed by atoms with Crippen LogP contribution >= 0.6 is 0 Å². The Balaban J connectivity index is 1.65. The number of hydrogen-bond acceptors (Lipinski definition) is 8. The van der Waals surface area contributed by atoms with E-state index in [1.165, 1.54) is 7.05 Å². The van der Waals surface area contributed by atoms with Crippen LogP contribution < -0.4 is 16.0 Å². The molecular formula is C21H25N7O3S. The van der Waals surface area contributed by atoms with Crippen molar-refractivity contribution in [2.24, 2.45) is 0 Å². The quantitative estimate of drug-likeness (QED) is 0.473. The van der Waals surface area contributed by atoms with Gasteiger partial charge in [-0.25, -0.2) is 23.4 Å². The summed E-state index contributed by atoms with van der Waals surface area (Å²) in [7, 11) is -2.07. The predicted octanol–water partition coefficient (Wildman–Crippen LogP) is 2.81. The third-order valence-corrected chi connectivity index (χ3v) is 5.64. The van der Waals surface area contributed by atoms with Crippen molar-refractivity contribution in [3.63, 3.8) is 0 Å².